The van der Waals surface area contributed by atoms with Gasteiger partial charge in [-0.3, -0.25) is 14.3 Å². The molecule has 0 unspecified atom stereocenters. The summed E-state index contributed by atoms with van der Waals surface area (Å²) in [5, 5.41) is 0. The number of imidazole rings is 1. The Morgan fingerprint density at radius 2 is 1.62 bits per heavy atom. The van der Waals surface area contributed by atoms with Gasteiger partial charge in [0.1, 0.15) is 30.2 Å². The fourth-order valence-corrected chi connectivity index (χ4v) is 6.17. The van der Waals surface area contributed by atoms with Gasteiger partial charge in [-0.25, -0.2) is 9.37 Å². The molecule has 242 valence electrons. The van der Waals surface area contributed by atoms with E-state index < -0.39 is 45.1 Å². The predicted molar refractivity (Wildman–Crippen MR) is 174 cm³/mol. The molecule has 13 heteroatoms. The van der Waals surface area contributed by atoms with E-state index in [0.29, 0.717) is 18.9 Å². The molecule has 0 atom stereocenters. The molecule has 0 aliphatic heterocycles. The van der Waals surface area contributed by atoms with Gasteiger partial charge in [0.15, 0.2) is 17.4 Å². The maximum Gasteiger partial charge on any atom is 0.417 e. The minimum atomic E-state index is -4.72. The largest absolute Gasteiger partial charge is 0.417 e. The lowest BCUT2D eigenvalue weighted by atomic mass is 9.99. The van der Waals surface area contributed by atoms with Gasteiger partial charge in [0.25, 0.3) is 0 Å². The van der Waals surface area contributed by atoms with Crippen molar-refractivity contribution in [2.75, 3.05) is 13.2 Å². The molecule has 0 N–H and O–H groups in total. The van der Waals surface area contributed by atoms with Gasteiger partial charge in [-0.05, 0) is 30.3 Å². The monoisotopic (exact) mass is 660 g/mol. The Morgan fingerprint density at radius 3 is 2.22 bits per heavy atom. The molecule has 4 aromatic rings. The first-order valence-electron chi connectivity index (χ1n) is 14.7. The Kier molecular flexibility index (Phi) is 10.4. The number of aromatic nitrogens is 4. The molecule has 0 aliphatic carbocycles. The molecule has 0 aliphatic rings. The molecule has 0 bridgehead atoms. The third kappa shape index (κ3) is 8.45. The number of nitrogens with zero attached hydrogens (tertiary/aromatic N) is 4. The topological polar surface area (TPSA) is 71.2 Å². The zero-order valence-corrected chi connectivity index (χ0v) is 28.6. The number of carbonyl (C=O) groups excluding carboxylic acids is 1. The smallest absolute Gasteiger partial charge is 0.361 e. The number of rotatable bonds is 14. The molecule has 3 aromatic heterocycles. The highest BCUT2D eigenvalue weighted by Gasteiger charge is 2.35. The van der Waals surface area contributed by atoms with Gasteiger partial charge in [-0.15, -0.1) is 0 Å². The molecule has 0 saturated heterocycles. The molecule has 45 heavy (non-hydrogen) atoms. The fourth-order valence-electron chi connectivity index (χ4n) is 4.65. The highest BCUT2D eigenvalue weighted by molar-refractivity contribution is 6.76. The molecule has 1 aromatic carbocycles. The van der Waals surface area contributed by atoms with Crippen molar-refractivity contribution in [3.8, 4) is 11.5 Å². The maximum atomic E-state index is 15.7. The van der Waals surface area contributed by atoms with Crippen molar-refractivity contribution in [3.05, 3.63) is 77.5 Å². The second-order valence-corrected chi connectivity index (χ2v) is 24.7. The Morgan fingerprint density at radius 1 is 1.00 bits per heavy atom. The van der Waals surface area contributed by atoms with Crippen LogP contribution in [0, 0.1) is 5.82 Å². The van der Waals surface area contributed by atoms with Gasteiger partial charge in [0.05, 0.1) is 17.5 Å². The van der Waals surface area contributed by atoms with Crippen LogP contribution in [0.2, 0.25) is 51.4 Å². The van der Waals surface area contributed by atoms with Crippen LogP contribution in [0.4, 0.5) is 17.6 Å². The van der Waals surface area contributed by atoms with Crippen molar-refractivity contribution in [2.24, 2.45) is 0 Å². The van der Waals surface area contributed by atoms with E-state index in [4.69, 9.17) is 9.47 Å². The van der Waals surface area contributed by atoms with Gasteiger partial charge in [0.2, 0.25) is 0 Å². The van der Waals surface area contributed by atoms with Crippen LogP contribution in [0.15, 0.2) is 49.3 Å². The number of hydrogen-bond donors (Lipinski definition) is 0. The zero-order valence-electron chi connectivity index (χ0n) is 26.6. The molecule has 4 rings (SSSR count). The second-order valence-electron chi connectivity index (χ2n) is 13.4. The van der Waals surface area contributed by atoms with Crippen molar-refractivity contribution in [3.63, 3.8) is 0 Å². The Labute approximate surface area is 262 Å². The number of pyridine rings is 1. The first kappa shape index (κ1) is 34.5. The number of hydrogen-bond acceptors (Lipinski definition) is 5. The zero-order chi connectivity index (χ0) is 33.2. The van der Waals surface area contributed by atoms with Crippen LogP contribution in [0.1, 0.15) is 27.2 Å². The van der Waals surface area contributed by atoms with E-state index in [2.05, 4.69) is 55.8 Å². The summed E-state index contributed by atoms with van der Waals surface area (Å²) >= 11 is 0. The standard InChI is InChI=1S/C32H40F4N4O3Si2/c1-8-25-28(33)29-26(18-37-25)38-31(40(29)21-43-14-16-45(5,6)7)27-17-22(19-39(27)20-42-13-15-44(2,3)4)30(41)23-11-9-10-12-24(23)32(34,35)36/h8-12,17-19H,1,13-16,20-21H2,2-7H3. The van der Waals surface area contributed by atoms with Crippen molar-refractivity contribution < 1.29 is 31.8 Å². The van der Waals surface area contributed by atoms with Crippen LogP contribution in [-0.2, 0) is 29.1 Å². The Hall–Kier alpha value is -3.40. The molecule has 7 nitrogen and oxygen atoms in total. The number of fused-ring (bicyclic) bond motifs is 1. The van der Waals surface area contributed by atoms with E-state index in [-0.39, 0.29) is 41.6 Å². The van der Waals surface area contributed by atoms with Crippen molar-refractivity contribution in [1.29, 1.82) is 0 Å². The van der Waals surface area contributed by atoms with Gasteiger partial charge in [-0.2, -0.15) is 13.2 Å². The van der Waals surface area contributed by atoms with Gasteiger partial charge in [0, 0.05) is 46.7 Å². The molecule has 0 radical (unpaired) electrons. The van der Waals surface area contributed by atoms with E-state index in [1.165, 1.54) is 36.7 Å². The number of ether oxygens (including phenoxy) is 2. The number of carbonyl (C=O) groups is 1. The summed E-state index contributed by atoms with van der Waals surface area (Å²) in [6, 6.07) is 7.92. The highest BCUT2D eigenvalue weighted by Crippen LogP contribution is 2.34. The molecule has 0 amide bonds. The van der Waals surface area contributed by atoms with E-state index in [1.54, 1.807) is 9.13 Å². The predicted octanol–water partition coefficient (Wildman–Crippen LogP) is 8.56. The third-order valence-electron chi connectivity index (χ3n) is 7.26. The first-order valence-corrected chi connectivity index (χ1v) is 22.2. The molecule has 0 fully saturated rings. The maximum absolute atomic E-state index is 15.7. The average Bonchev–Trinajstić information content (AvgIpc) is 3.53. The number of benzene rings is 1. The number of halogens is 4. The lowest BCUT2D eigenvalue weighted by molar-refractivity contribution is -0.137. The summed E-state index contributed by atoms with van der Waals surface area (Å²) in [6.45, 7) is 17.9. The Bertz CT molecular complexity index is 1680. The highest BCUT2D eigenvalue weighted by atomic mass is 28.3. The van der Waals surface area contributed by atoms with E-state index in [1.807, 2.05) is 0 Å². The number of ketones is 1. The quantitative estimate of drug-likeness (QED) is 0.0587. The SMILES string of the molecule is C=Cc1ncc2nc(-c3cc(C(=O)c4ccccc4C(F)(F)F)cn3COCC[Si](C)(C)C)n(COCC[Si](C)(C)C)c2c1F. The average molecular weight is 661 g/mol. The fraction of sp³-hybridized carbons (Fsp3) is 0.406. The minimum Gasteiger partial charge on any atom is -0.361 e. The van der Waals surface area contributed by atoms with Gasteiger partial charge < -0.3 is 14.0 Å². The summed E-state index contributed by atoms with van der Waals surface area (Å²) in [5.74, 6) is -1.17. The van der Waals surface area contributed by atoms with Crippen molar-refractivity contribution in [1.82, 2.24) is 19.1 Å². The van der Waals surface area contributed by atoms with Crippen molar-refractivity contribution in [2.45, 2.75) is 71.0 Å². The normalized spacial score (nSPS) is 12.7. The minimum absolute atomic E-state index is 0.00629. The van der Waals surface area contributed by atoms with Crippen LogP contribution in [0.25, 0.3) is 28.6 Å². The molecule has 0 spiro atoms. The lowest BCUT2D eigenvalue weighted by Crippen LogP contribution is -2.22. The molecular formula is C32H40F4N4O3Si2. The second kappa shape index (κ2) is 13.5. The molecular weight excluding hydrogens is 621 g/mol. The van der Waals surface area contributed by atoms with Crippen LogP contribution < -0.4 is 0 Å². The van der Waals surface area contributed by atoms with Crippen LogP contribution in [0.5, 0.6) is 0 Å². The first-order chi connectivity index (χ1) is 21.0. The summed E-state index contributed by atoms with van der Waals surface area (Å²) in [5.41, 5.74) is -0.678. The summed E-state index contributed by atoms with van der Waals surface area (Å²) in [6.07, 6.45) is -0.520. The van der Waals surface area contributed by atoms with Gasteiger partial charge >= 0.3 is 6.18 Å². The summed E-state index contributed by atoms with van der Waals surface area (Å²) in [4.78, 5) is 22.4. The van der Waals surface area contributed by atoms with E-state index >= 15 is 4.39 Å². The third-order valence-corrected chi connectivity index (χ3v) is 10.7. The van der Waals surface area contributed by atoms with Crippen LogP contribution in [-0.4, -0.2) is 54.2 Å². The Balaban J connectivity index is 1.84. The van der Waals surface area contributed by atoms with Gasteiger partial charge in [-0.1, -0.05) is 64.1 Å². The molecule has 0 saturated carbocycles. The summed E-state index contributed by atoms with van der Waals surface area (Å²) in [7, 11) is -2.83. The van der Waals surface area contributed by atoms with Crippen LogP contribution >= 0.6 is 0 Å². The summed E-state index contributed by atoms with van der Waals surface area (Å²) < 4.78 is 72.4. The van der Waals surface area contributed by atoms with E-state index in [0.717, 1.165) is 24.2 Å². The number of alkyl halides is 3. The van der Waals surface area contributed by atoms with Crippen molar-refractivity contribution >= 4 is 39.0 Å². The lowest BCUT2D eigenvalue weighted by Gasteiger charge is -2.18. The van der Waals surface area contributed by atoms with E-state index in [9.17, 15) is 18.0 Å². The van der Waals surface area contributed by atoms with Crippen LogP contribution in [0.3, 0.4) is 0 Å². The molecule has 3 heterocycles.